The zero-order chi connectivity index (χ0) is 12.8. The largest absolute Gasteiger partial charge is 0.312 e. The Morgan fingerprint density at radius 3 is 2.56 bits per heavy atom. The van der Waals surface area contributed by atoms with Crippen LogP contribution in [0.15, 0.2) is 53.3 Å². The van der Waals surface area contributed by atoms with Crippen LogP contribution in [0.4, 0.5) is 0 Å². The van der Waals surface area contributed by atoms with Gasteiger partial charge < -0.3 is 9.88 Å². The van der Waals surface area contributed by atoms with Crippen molar-refractivity contribution in [3.05, 3.63) is 70.1 Å². The summed E-state index contributed by atoms with van der Waals surface area (Å²) in [6.45, 7) is 4.29. The Balaban J connectivity index is 1.84. The van der Waals surface area contributed by atoms with Crippen LogP contribution in [0.3, 0.4) is 0 Å². The van der Waals surface area contributed by atoms with Crippen LogP contribution in [0.25, 0.3) is 0 Å². The number of benzene rings is 1. The Morgan fingerprint density at radius 2 is 1.83 bits per heavy atom. The first-order valence-electron chi connectivity index (χ1n) is 6.18. The van der Waals surface area contributed by atoms with E-state index in [1.165, 1.54) is 5.56 Å². The zero-order valence-corrected chi connectivity index (χ0v) is 10.6. The van der Waals surface area contributed by atoms with Crippen molar-refractivity contribution in [2.24, 2.45) is 0 Å². The van der Waals surface area contributed by atoms with Gasteiger partial charge in [0.25, 0.3) is 5.56 Å². The number of pyridine rings is 1. The monoisotopic (exact) mass is 242 g/mol. The van der Waals surface area contributed by atoms with Gasteiger partial charge >= 0.3 is 0 Å². The number of aromatic nitrogens is 1. The molecule has 18 heavy (non-hydrogen) atoms. The van der Waals surface area contributed by atoms with Crippen LogP contribution in [0.5, 0.6) is 0 Å². The van der Waals surface area contributed by atoms with Crippen LogP contribution in [0.1, 0.15) is 11.3 Å². The van der Waals surface area contributed by atoms with Gasteiger partial charge in [-0.25, -0.2) is 0 Å². The van der Waals surface area contributed by atoms with Crippen LogP contribution >= 0.6 is 0 Å². The lowest BCUT2D eigenvalue weighted by molar-refractivity contribution is 0.575. The number of nitrogens with zero attached hydrogens (tertiary/aromatic N) is 1. The Hall–Kier alpha value is -1.87. The van der Waals surface area contributed by atoms with Crippen molar-refractivity contribution >= 4 is 0 Å². The zero-order valence-electron chi connectivity index (χ0n) is 10.6. The minimum absolute atomic E-state index is 0.0662. The fourth-order valence-corrected chi connectivity index (χ4v) is 1.93. The van der Waals surface area contributed by atoms with Gasteiger partial charge in [-0.3, -0.25) is 4.79 Å². The minimum atomic E-state index is 0.0662. The summed E-state index contributed by atoms with van der Waals surface area (Å²) in [5.41, 5.74) is 2.33. The molecule has 1 heterocycles. The number of rotatable bonds is 5. The maximum absolute atomic E-state index is 11.6. The molecule has 0 saturated carbocycles. The summed E-state index contributed by atoms with van der Waals surface area (Å²) in [5, 5.41) is 3.34. The topological polar surface area (TPSA) is 34.0 Å². The molecule has 3 heteroatoms. The smallest absolute Gasteiger partial charge is 0.250 e. The van der Waals surface area contributed by atoms with Gasteiger partial charge in [-0.1, -0.05) is 36.4 Å². The van der Waals surface area contributed by atoms with E-state index in [1.807, 2.05) is 31.2 Å². The van der Waals surface area contributed by atoms with Crippen molar-refractivity contribution in [1.29, 1.82) is 0 Å². The lowest BCUT2D eigenvalue weighted by atomic mass is 10.2. The van der Waals surface area contributed by atoms with Crippen LogP contribution in [-0.4, -0.2) is 11.1 Å². The van der Waals surface area contributed by atoms with Gasteiger partial charge in [-0.05, 0) is 18.6 Å². The van der Waals surface area contributed by atoms with Gasteiger partial charge in [-0.2, -0.15) is 0 Å². The second-order valence-corrected chi connectivity index (χ2v) is 4.32. The quantitative estimate of drug-likeness (QED) is 0.813. The molecule has 3 nitrogen and oxygen atoms in total. The van der Waals surface area contributed by atoms with Crippen LogP contribution in [0, 0.1) is 6.92 Å². The van der Waals surface area contributed by atoms with Crippen molar-refractivity contribution < 1.29 is 0 Å². The molecule has 0 saturated heterocycles. The predicted molar refractivity (Wildman–Crippen MR) is 73.6 cm³/mol. The Bertz CT molecular complexity index is 546. The van der Waals surface area contributed by atoms with E-state index in [1.54, 1.807) is 16.7 Å². The van der Waals surface area contributed by atoms with E-state index in [2.05, 4.69) is 17.4 Å². The Morgan fingerprint density at radius 1 is 1.06 bits per heavy atom. The van der Waals surface area contributed by atoms with Crippen LogP contribution < -0.4 is 10.9 Å². The van der Waals surface area contributed by atoms with Gasteiger partial charge in [-0.15, -0.1) is 0 Å². The number of nitrogens with one attached hydrogen (secondary N) is 1. The molecule has 1 aromatic heterocycles. The molecular formula is C15H18N2O. The third-order valence-corrected chi connectivity index (χ3v) is 2.95. The average molecular weight is 242 g/mol. The highest BCUT2D eigenvalue weighted by molar-refractivity contribution is 5.14. The molecular weight excluding hydrogens is 224 g/mol. The van der Waals surface area contributed by atoms with Gasteiger partial charge in [0.05, 0.1) is 0 Å². The molecule has 1 N–H and O–H groups in total. The van der Waals surface area contributed by atoms with Crippen molar-refractivity contribution in [1.82, 2.24) is 9.88 Å². The van der Waals surface area contributed by atoms with Gasteiger partial charge in [0, 0.05) is 31.4 Å². The summed E-state index contributed by atoms with van der Waals surface area (Å²) in [5.74, 6) is 0. The van der Waals surface area contributed by atoms with E-state index < -0.39 is 0 Å². The van der Waals surface area contributed by atoms with E-state index in [4.69, 9.17) is 0 Å². The van der Waals surface area contributed by atoms with Crippen molar-refractivity contribution in [3.8, 4) is 0 Å². The molecule has 0 atom stereocenters. The highest BCUT2D eigenvalue weighted by atomic mass is 16.1. The number of aryl methyl sites for hydroxylation is 1. The highest BCUT2D eigenvalue weighted by Gasteiger charge is 1.98. The Kier molecular flexibility index (Phi) is 4.31. The highest BCUT2D eigenvalue weighted by Crippen LogP contribution is 1.97. The SMILES string of the molecule is Cc1cccc(=O)n1CCNCc1ccccc1. The predicted octanol–water partition coefficient (Wildman–Crippen LogP) is 1.95. The summed E-state index contributed by atoms with van der Waals surface area (Å²) in [4.78, 5) is 11.6. The Labute approximate surface area is 107 Å². The summed E-state index contributed by atoms with van der Waals surface area (Å²) >= 11 is 0. The summed E-state index contributed by atoms with van der Waals surface area (Å²) in [6, 6.07) is 15.6. The first kappa shape index (κ1) is 12.6. The molecule has 0 amide bonds. The summed E-state index contributed by atoms with van der Waals surface area (Å²) in [7, 11) is 0. The molecule has 94 valence electrons. The van der Waals surface area contributed by atoms with E-state index in [9.17, 15) is 4.79 Å². The number of hydrogen-bond acceptors (Lipinski definition) is 2. The normalized spacial score (nSPS) is 10.5. The molecule has 2 aromatic rings. The molecule has 0 aliphatic rings. The first-order valence-corrected chi connectivity index (χ1v) is 6.18. The van der Waals surface area contributed by atoms with E-state index in [0.29, 0.717) is 6.54 Å². The third-order valence-electron chi connectivity index (χ3n) is 2.95. The van der Waals surface area contributed by atoms with E-state index in [-0.39, 0.29) is 5.56 Å². The fraction of sp³-hybridized carbons (Fsp3) is 0.267. The van der Waals surface area contributed by atoms with E-state index in [0.717, 1.165) is 18.8 Å². The fourth-order valence-electron chi connectivity index (χ4n) is 1.93. The van der Waals surface area contributed by atoms with Crippen molar-refractivity contribution in [3.63, 3.8) is 0 Å². The first-order chi connectivity index (χ1) is 8.77. The molecule has 0 bridgehead atoms. The molecule has 0 radical (unpaired) electrons. The summed E-state index contributed by atoms with van der Waals surface area (Å²) in [6.07, 6.45) is 0. The molecule has 0 aliphatic carbocycles. The molecule has 0 unspecified atom stereocenters. The second kappa shape index (κ2) is 6.17. The molecule has 0 fully saturated rings. The minimum Gasteiger partial charge on any atom is -0.312 e. The van der Waals surface area contributed by atoms with Crippen molar-refractivity contribution in [2.45, 2.75) is 20.0 Å². The second-order valence-electron chi connectivity index (χ2n) is 4.32. The average Bonchev–Trinajstić information content (AvgIpc) is 2.38. The van der Waals surface area contributed by atoms with Crippen molar-refractivity contribution in [2.75, 3.05) is 6.54 Å². The lowest BCUT2D eigenvalue weighted by Gasteiger charge is -2.10. The molecule has 0 spiro atoms. The third kappa shape index (κ3) is 3.31. The maximum Gasteiger partial charge on any atom is 0.250 e. The molecule has 2 rings (SSSR count). The summed E-state index contributed by atoms with van der Waals surface area (Å²) < 4.78 is 1.79. The molecule has 1 aromatic carbocycles. The van der Waals surface area contributed by atoms with Gasteiger partial charge in [0.15, 0.2) is 0 Å². The van der Waals surface area contributed by atoms with Crippen LogP contribution in [0.2, 0.25) is 0 Å². The molecule has 0 aliphatic heterocycles. The maximum atomic E-state index is 11.6. The van der Waals surface area contributed by atoms with Gasteiger partial charge in [0.2, 0.25) is 0 Å². The van der Waals surface area contributed by atoms with E-state index >= 15 is 0 Å². The number of hydrogen-bond donors (Lipinski definition) is 1. The standard InChI is InChI=1S/C15H18N2O/c1-13-6-5-9-15(18)17(13)11-10-16-12-14-7-3-2-4-8-14/h2-9,16H,10-12H2,1H3. The van der Waals surface area contributed by atoms with Gasteiger partial charge in [0.1, 0.15) is 0 Å². The van der Waals surface area contributed by atoms with Crippen LogP contribution in [-0.2, 0) is 13.1 Å². The lowest BCUT2D eigenvalue weighted by Crippen LogP contribution is -2.27.